The Morgan fingerprint density at radius 3 is 2.71 bits per heavy atom. The van der Waals surface area contributed by atoms with Gasteiger partial charge in [0.05, 0.1) is 5.75 Å². The highest BCUT2D eigenvalue weighted by Gasteiger charge is 2.22. The van der Waals surface area contributed by atoms with E-state index < -0.39 is 10.5 Å². The fourth-order valence-corrected chi connectivity index (χ4v) is 2.95. The maximum atomic E-state index is 11.4. The number of benzene rings is 1. The summed E-state index contributed by atoms with van der Waals surface area (Å²) in [6, 6.07) is 7.89. The average molecular weight is 250 g/mol. The standard InChI is InChI=1S/C12H14N2O2S/c1-14(2)10-5-3-4-9(6-10)7-17-8-11(15)13-12(17)16/h3-7H,8H2,1-2H3,(H,13,15,16). The number of anilines is 1. The van der Waals surface area contributed by atoms with Crippen molar-refractivity contribution in [2.24, 2.45) is 0 Å². The smallest absolute Gasteiger partial charge is 0.280 e. The van der Waals surface area contributed by atoms with Crippen molar-refractivity contribution >= 4 is 32.7 Å². The lowest BCUT2D eigenvalue weighted by molar-refractivity contribution is -0.117. The molecule has 1 saturated heterocycles. The molecule has 1 aromatic carbocycles. The fraction of sp³-hybridized carbons (Fsp3) is 0.250. The molecule has 5 heteroatoms. The molecule has 0 bridgehead atoms. The van der Waals surface area contributed by atoms with Crippen LogP contribution in [0.3, 0.4) is 0 Å². The Hall–Kier alpha value is -1.62. The summed E-state index contributed by atoms with van der Waals surface area (Å²) in [6.07, 6.45) is 0. The van der Waals surface area contributed by atoms with E-state index in [9.17, 15) is 9.59 Å². The van der Waals surface area contributed by atoms with E-state index in [4.69, 9.17) is 0 Å². The SMILES string of the molecule is CN(C)c1cccc(/C=S2\CC(=O)NC2=O)c1. The van der Waals surface area contributed by atoms with Crippen LogP contribution >= 0.6 is 10.5 Å². The highest BCUT2D eigenvalue weighted by Crippen LogP contribution is 2.21. The molecule has 2 rings (SSSR count). The Bertz CT molecular complexity index is 509. The lowest BCUT2D eigenvalue weighted by Crippen LogP contribution is -2.18. The first-order chi connectivity index (χ1) is 8.06. The molecule has 0 radical (unpaired) electrons. The third kappa shape index (κ3) is 2.74. The van der Waals surface area contributed by atoms with Crippen LogP contribution in [-0.4, -0.2) is 36.4 Å². The van der Waals surface area contributed by atoms with Crippen LogP contribution < -0.4 is 10.2 Å². The van der Waals surface area contributed by atoms with Gasteiger partial charge in [-0.3, -0.25) is 14.9 Å². The summed E-state index contributed by atoms with van der Waals surface area (Å²) in [6.45, 7) is 0. The summed E-state index contributed by atoms with van der Waals surface area (Å²) in [4.78, 5) is 24.5. The van der Waals surface area contributed by atoms with Gasteiger partial charge in [0.15, 0.2) is 0 Å². The van der Waals surface area contributed by atoms with Crippen LogP contribution in [0.5, 0.6) is 0 Å². The number of nitrogens with zero attached hydrogens (tertiary/aromatic N) is 1. The van der Waals surface area contributed by atoms with E-state index in [2.05, 4.69) is 5.32 Å². The number of hydrogen-bond acceptors (Lipinski definition) is 3. The van der Waals surface area contributed by atoms with Crippen LogP contribution in [0.1, 0.15) is 5.56 Å². The van der Waals surface area contributed by atoms with Gasteiger partial charge < -0.3 is 4.90 Å². The molecule has 1 aliphatic heterocycles. The van der Waals surface area contributed by atoms with E-state index in [1.54, 1.807) is 0 Å². The quantitative estimate of drug-likeness (QED) is 0.808. The fourth-order valence-electron chi connectivity index (χ4n) is 1.56. The van der Waals surface area contributed by atoms with Gasteiger partial charge in [-0.2, -0.15) is 0 Å². The van der Waals surface area contributed by atoms with Crippen LogP contribution in [-0.2, 0) is 4.79 Å². The molecule has 4 nitrogen and oxygen atoms in total. The predicted octanol–water partition coefficient (Wildman–Crippen LogP) is 1.42. The number of amides is 2. The van der Waals surface area contributed by atoms with Crippen molar-refractivity contribution in [3.05, 3.63) is 29.8 Å². The molecule has 1 aliphatic rings. The van der Waals surface area contributed by atoms with Gasteiger partial charge in [0.1, 0.15) is 0 Å². The lowest BCUT2D eigenvalue weighted by atomic mass is 10.2. The van der Waals surface area contributed by atoms with Crippen LogP contribution in [0.15, 0.2) is 24.3 Å². The largest absolute Gasteiger partial charge is 0.378 e. The first-order valence-corrected chi connectivity index (χ1v) is 6.68. The van der Waals surface area contributed by atoms with Crippen LogP contribution in [0.2, 0.25) is 0 Å². The topological polar surface area (TPSA) is 49.4 Å². The minimum atomic E-state index is -0.618. The maximum absolute atomic E-state index is 11.4. The van der Waals surface area contributed by atoms with Crippen LogP contribution in [0, 0.1) is 0 Å². The molecule has 1 N–H and O–H groups in total. The summed E-state index contributed by atoms with van der Waals surface area (Å²) >= 11 is 0. The zero-order valence-electron chi connectivity index (χ0n) is 9.77. The number of imide groups is 1. The van der Waals surface area contributed by atoms with Gasteiger partial charge >= 0.3 is 0 Å². The molecular formula is C12H14N2O2S. The summed E-state index contributed by atoms with van der Waals surface area (Å²) in [5.41, 5.74) is 2.05. The van der Waals surface area contributed by atoms with Gasteiger partial charge in [0.25, 0.3) is 5.24 Å². The van der Waals surface area contributed by atoms with E-state index >= 15 is 0 Å². The molecule has 0 aromatic heterocycles. The summed E-state index contributed by atoms with van der Waals surface area (Å²) in [5, 5.41) is 4.01. The zero-order chi connectivity index (χ0) is 12.4. The summed E-state index contributed by atoms with van der Waals surface area (Å²) < 4.78 is 0. The van der Waals surface area contributed by atoms with Crippen molar-refractivity contribution < 1.29 is 9.59 Å². The minimum absolute atomic E-state index is 0.176. The van der Waals surface area contributed by atoms with Crippen molar-refractivity contribution in [3.63, 3.8) is 0 Å². The molecule has 2 amide bonds. The van der Waals surface area contributed by atoms with E-state index in [-0.39, 0.29) is 16.9 Å². The van der Waals surface area contributed by atoms with Gasteiger partial charge in [-0.05, 0) is 23.1 Å². The van der Waals surface area contributed by atoms with Crippen molar-refractivity contribution in [2.45, 2.75) is 0 Å². The normalized spacial score (nSPS) is 19.5. The Morgan fingerprint density at radius 2 is 2.12 bits per heavy atom. The van der Waals surface area contributed by atoms with Crippen molar-refractivity contribution in [3.8, 4) is 0 Å². The second kappa shape index (κ2) is 4.71. The number of hydrogen-bond donors (Lipinski definition) is 1. The van der Waals surface area contributed by atoms with Crippen molar-refractivity contribution in [1.82, 2.24) is 5.32 Å². The minimum Gasteiger partial charge on any atom is -0.378 e. The molecule has 1 heterocycles. The second-order valence-corrected chi connectivity index (χ2v) is 5.77. The molecule has 17 heavy (non-hydrogen) atoms. The van der Waals surface area contributed by atoms with Crippen LogP contribution in [0.25, 0.3) is 0 Å². The molecule has 0 aliphatic carbocycles. The number of carbonyl (C=O) groups is 2. The molecule has 1 unspecified atom stereocenters. The number of rotatable bonds is 2. The van der Waals surface area contributed by atoms with Crippen LogP contribution in [0.4, 0.5) is 10.5 Å². The third-order valence-corrected chi connectivity index (χ3v) is 4.14. The Kier molecular flexibility index (Phi) is 3.28. The van der Waals surface area contributed by atoms with Crippen molar-refractivity contribution in [2.75, 3.05) is 24.7 Å². The molecular weight excluding hydrogens is 236 g/mol. The number of carbonyl (C=O) groups excluding carboxylic acids is 2. The molecule has 1 aromatic rings. The first-order valence-electron chi connectivity index (χ1n) is 5.22. The Balaban J connectivity index is 2.29. The third-order valence-electron chi connectivity index (χ3n) is 2.43. The molecule has 0 spiro atoms. The van der Waals surface area contributed by atoms with Gasteiger partial charge in [0.2, 0.25) is 5.91 Å². The van der Waals surface area contributed by atoms with Gasteiger partial charge in [-0.1, -0.05) is 22.6 Å². The lowest BCUT2D eigenvalue weighted by Gasteiger charge is -2.12. The van der Waals surface area contributed by atoms with E-state index in [0.717, 1.165) is 11.3 Å². The highest BCUT2D eigenvalue weighted by atomic mass is 32.2. The predicted molar refractivity (Wildman–Crippen MR) is 71.9 cm³/mol. The van der Waals surface area contributed by atoms with Gasteiger partial charge in [-0.15, -0.1) is 0 Å². The van der Waals surface area contributed by atoms with Crippen molar-refractivity contribution in [1.29, 1.82) is 0 Å². The highest BCUT2D eigenvalue weighted by molar-refractivity contribution is 8.28. The molecule has 0 saturated carbocycles. The molecule has 1 atom stereocenters. The second-order valence-electron chi connectivity index (χ2n) is 4.02. The molecule has 90 valence electrons. The monoisotopic (exact) mass is 250 g/mol. The van der Waals surface area contributed by atoms with Gasteiger partial charge in [0, 0.05) is 19.8 Å². The van der Waals surface area contributed by atoms with Gasteiger partial charge in [-0.25, -0.2) is 0 Å². The number of nitrogens with one attached hydrogen (secondary N) is 1. The van der Waals surface area contributed by atoms with E-state index in [1.165, 1.54) is 0 Å². The van der Waals surface area contributed by atoms with E-state index in [1.807, 2.05) is 48.6 Å². The zero-order valence-corrected chi connectivity index (χ0v) is 10.6. The Labute approximate surface area is 103 Å². The average Bonchev–Trinajstić information content (AvgIpc) is 2.58. The van der Waals surface area contributed by atoms with E-state index in [0.29, 0.717) is 0 Å². The summed E-state index contributed by atoms with van der Waals surface area (Å²) in [5.74, 6) is 0.101. The summed E-state index contributed by atoms with van der Waals surface area (Å²) in [7, 11) is 3.31. The molecule has 1 fully saturated rings. The Morgan fingerprint density at radius 1 is 1.35 bits per heavy atom. The first kappa shape index (κ1) is 11.9. The maximum Gasteiger partial charge on any atom is 0.280 e.